The summed E-state index contributed by atoms with van der Waals surface area (Å²) in [5.74, 6) is -0.0507. The van der Waals surface area contributed by atoms with Gasteiger partial charge in [0.1, 0.15) is 0 Å². The topological polar surface area (TPSA) is 70.1 Å². The lowest BCUT2D eigenvalue weighted by molar-refractivity contribution is 0.0748. The van der Waals surface area contributed by atoms with Crippen molar-refractivity contribution >= 4 is 11.6 Å². The number of amides is 1. The predicted molar refractivity (Wildman–Crippen MR) is 69.9 cm³/mol. The molecule has 4 nitrogen and oxygen atoms in total. The van der Waals surface area contributed by atoms with E-state index < -0.39 is 0 Å². The van der Waals surface area contributed by atoms with Crippen LogP contribution in [0.5, 0.6) is 0 Å². The summed E-state index contributed by atoms with van der Waals surface area (Å²) in [4.78, 5) is 14.2. The fourth-order valence-corrected chi connectivity index (χ4v) is 2.04. The molecule has 0 atom stereocenters. The molecule has 0 heterocycles. The lowest BCUT2D eigenvalue weighted by atomic mass is 10.1. The summed E-state index contributed by atoms with van der Waals surface area (Å²) < 4.78 is 0. The highest BCUT2D eigenvalue weighted by Crippen LogP contribution is 2.29. The van der Waals surface area contributed by atoms with Gasteiger partial charge in [-0.15, -0.1) is 0 Å². The van der Waals surface area contributed by atoms with Gasteiger partial charge in [0.05, 0.1) is 18.1 Å². The minimum absolute atomic E-state index is 0.0507. The fourth-order valence-electron chi connectivity index (χ4n) is 2.04. The van der Waals surface area contributed by atoms with Gasteiger partial charge in [0.2, 0.25) is 0 Å². The molecular formula is C14H17N3O. The van der Waals surface area contributed by atoms with Crippen molar-refractivity contribution in [2.24, 2.45) is 0 Å². The highest BCUT2D eigenvalue weighted by molar-refractivity contribution is 5.99. The molecule has 4 heteroatoms. The highest BCUT2D eigenvalue weighted by atomic mass is 16.2. The Bertz CT molecular complexity index is 500. The zero-order valence-electron chi connectivity index (χ0n) is 10.5. The minimum atomic E-state index is -0.0507. The normalized spacial score (nSPS) is 14.0. The maximum atomic E-state index is 12.4. The Hall–Kier alpha value is -2.02. The van der Waals surface area contributed by atoms with E-state index in [0.29, 0.717) is 30.3 Å². The van der Waals surface area contributed by atoms with Gasteiger partial charge in [0.25, 0.3) is 5.91 Å². The van der Waals surface area contributed by atoms with Gasteiger partial charge in [-0.2, -0.15) is 5.26 Å². The molecule has 1 saturated carbocycles. The average Bonchev–Trinajstić information content (AvgIpc) is 3.13. The van der Waals surface area contributed by atoms with Crippen molar-refractivity contribution in [3.63, 3.8) is 0 Å². The van der Waals surface area contributed by atoms with Crippen LogP contribution in [-0.2, 0) is 0 Å². The first-order valence-corrected chi connectivity index (χ1v) is 6.17. The zero-order chi connectivity index (χ0) is 13.1. The van der Waals surface area contributed by atoms with E-state index in [2.05, 4.69) is 6.07 Å². The maximum absolute atomic E-state index is 12.4. The van der Waals surface area contributed by atoms with E-state index in [0.717, 1.165) is 18.4 Å². The molecule has 1 aliphatic rings. The second-order valence-electron chi connectivity index (χ2n) is 4.73. The number of nitrogens with zero attached hydrogens (tertiary/aromatic N) is 2. The quantitative estimate of drug-likeness (QED) is 0.823. The molecule has 94 valence electrons. The molecule has 1 fully saturated rings. The molecule has 0 saturated heterocycles. The largest absolute Gasteiger partial charge is 0.398 e. The van der Waals surface area contributed by atoms with Crippen LogP contribution in [0, 0.1) is 18.3 Å². The van der Waals surface area contributed by atoms with Gasteiger partial charge in [0, 0.05) is 18.3 Å². The van der Waals surface area contributed by atoms with Crippen LogP contribution in [0.2, 0.25) is 0 Å². The van der Waals surface area contributed by atoms with Crippen LogP contribution in [-0.4, -0.2) is 23.4 Å². The Kier molecular flexibility index (Phi) is 3.52. The number of hydrogen-bond donors (Lipinski definition) is 1. The van der Waals surface area contributed by atoms with E-state index in [-0.39, 0.29) is 5.91 Å². The molecule has 0 radical (unpaired) electrons. The van der Waals surface area contributed by atoms with Crippen molar-refractivity contribution in [2.75, 3.05) is 12.3 Å². The standard InChI is InChI=1S/C14H17N3O/c1-10-3-6-12(13(16)9-10)14(18)17(8-2-7-15)11-4-5-11/h3,6,9,11H,2,4-5,8,16H2,1H3. The number of carbonyl (C=O) groups excluding carboxylic acids is 1. The lowest BCUT2D eigenvalue weighted by Crippen LogP contribution is -2.34. The monoisotopic (exact) mass is 243 g/mol. The van der Waals surface area contributed by atoms with Crippen LogP contribution in [0.15, 0.2) is 18.2 Å². The number of nitrogens with two attached hydrogens (primary N) is 1. The van der Waals surface area contributed by atoms with Gasteiger partial charge in [-0.1, -0.05) is 6.07 Å². The summed E-state index contributed by atoms with van der Waals surface area (Å²) in [5, 5.41) is 8.65. The minimum Gasteiger partial charge on any atom is -0.398 e. The molecule has 0 spiro atoms. The number of rotatable bonds is 4. The number of aryl methyl sites for hydroxylation is 1. The summed E-state index contributed by atoms with van der Waals surface area (Å²) in [6.45, 7) is 2.44. The van der Waals surface area contributed by atoms with Crippen LogP contribution in [0.1, 0.15) is 35.2 Å². The van der Waals surface area contributed by atoms with Crippen molar-refractivity contribution < 1.29 is 4.79 Å². The number of carbonyl (C=O) groups is 1. The Balaban J connectivity index is 2.19. The van der Waals surface area contributed by atoms with Crippen LogP contribution >= 0.6 is 0 Å². The zero-order valence-corrected chi connectivity index (χ0v) is 10.5. The van der Waals surface area contributed by atoms with Crippen molar-refractivity contribution in [3.05, 3.63) is 29.3 Å². The maximum Gasteiger partial charge on any atom is 0.256 e. The van der Waals surface area contributed by atoms with Gasteiger partial charge in [-0.25, -0.2) is 0 Å². The first kappa shape index (κ1) is 12.4. The summed E-state index contributed by atoms with van der Waals surface area (Å²) in [5.41, 5.74) is 8.00. The number of nitriles is 1. The molecule has 18 heavy (non-hydrogen) atoms. The van der Waals surface area contributed by atoms with E-state index in [9.17, 15) is 4.79 Å². The van der Waals surface area contributed by atoms with E-state index in [1.165, 1.54) is 0 Å². The molecule has 1 aromatic rings. The van der Waals surface area contributed by atoms with Crippen molar-refractivity contribution in [1.29, 1.82) is 5.26 Å². The predicted octanol–water partition coefficient (Wildman–Crippen LogP) is 2.10. The van der Waals surface area contributed by atoms with Crippen molar-refractivity contribution in [2.45, 2.75) is 32.2 Å². The Morgan fingerprint density at radius 2 is 2.28 bits per heavy atom. The Morgan fingerprint density at radius 1 is 1.56 bits per heavy atom. The van der Waals surface area contributed by atoms with Gasteiger partial charge >= 0.3 is 0 Å². The van der Waals surface area contributed by atoms with Gasteiger partial charge in [0.15, 0.2) is 0 Å². The first-order chi connectivity index (χ1) is 8.63. The summed E-state index contributed by atoms with van der Waals surface area (Å²) >= 11 is 0. The number of benzene rings is 1. The second kappa shape index (κ2) is 5.09. The van der Waals surface area contributed by atoms with E-state index in [4.69, 9.17) is 11.0 Å². The number of nitrogen functional groups attached to an aromatic ring is 1. The van der Waals surface area contributed by atoms with E-state index in [1.54, 1.807) is 11.0 Å². The molecular weight excluding hydrogens is 226 g/mol. The lowest BCUT2D eigenvalue weighted by Gasteiger charge is -2.22. The van der Waals surface area contributed by atoms with Gasteiger partial charge < -0.3 is 10.6 Å². The average molecular weight is 243 g/mol. The summed E-state index contributed by atoms with van der Waals surface area (Å²) in [6, 6.07) is 7.85. The smallest absolute Gasteiger partial charge is 0.256 e. The van der Waals surface area contributed by atoms with Gasteiger partial charge in [-0.3, -0.25) is 4.79 Å². The molecule has 0 unspecified atom stereocenters. The molecule has 1 aliphatic carbocycles. The SMILES string of the molecule is Cc1ccc(C(=O)N(CCC#N)C2CC2)c(N)c1. The second-order valence-corrected chi connectivity index (χ2v) is 4.73. The van der Waals surface area contributed by atoms with Crippen LogP contribution in [0.3, 0.4) is 0 Å². The fraction of sp³-hybridized carbons (Fsp3) is 0.429. The van der Waals surface area contributed by atoms with Crippen LogP contribution < -0.4 is 5.73 Å². The molecule has 1 amide bonds. The van der Waals surface area contributed by atoms with Crippen LogP contribution in [0.25, 0.3) is 0 Å². The highest BCUT2D eigenvalue weighted by Gasteiger charge is 2.33. The van der Waals surface area contributed by atoms with E-state index in [1.807, 2.05) is 19.1 Å². The Labute approximate surface area is 107 Å². The number of anilines is 1. The van der Waals surface area contributed by atoms with Crippen molar-refractivity contribution in [1.82, 2.24) is 4.90 Å². The third-order valence-corrected chi connectivity index (χ3v) is 3.15. The third kappa shape index (κ3) is 2.62. The Morgan fingerprint density at radius 3 is 2.83 bits per heavy atom. The number of hydrogen-bond acceptors (Lipinski definition) is 3. The van der Waals surface area contributed by atoms with Crippen molar-refractivity contribution in [3.8, 4) is 6.07 Å². The first-order valence-electron chi connectivity index (χ1n) is 6.17. The van der Waals surface area contributed by atoms with Crippen LogP contribution in [0.4, 0.5) is 5.69 Å². The molecule has 1 aromatic carbocycles. The molecule has 0 aliphatic heterocycles. The van der Waals surface area contributed by atoms with Gasteiger partial charge in [-0.05, 0) is 37.5 Å². The third-order valence-electron chi connectivity index (χ3n) is 3.15. The molecule has 0 aromatic heterocycles. The molecule has 2 rings (SSSR count). The summed E-state index contributed by atoms with van der Waals surface area (Å²) in [6.07, 6.45) is 2.43. The molecule has 2 N–H and O–H groups in total. The summed E-state index contributed by atoms with van der Waals surface area (Å²) in [7, 11) is 0. The van der Waals surface area contributed by atoms with E-state index >= 15 is 0 Å². The molecule has 0 bridgehead atoms.